The van der Waals surface area contributed by atoms with E-state index in [9.17, 15) is 9.90 Å². The summed E-state index contributed by atoms with van der Waals surface area (Å²) in [7, 11) is 1.95. The number of rotatable bonds is 5. The Kier molecular flexibility index (Phi) is 5.77. The largest absolute Gasteiger partial charge is 0.457 e. The lowest BCUT2D eigenvalue weighted by atomic mass is 9.84. The summed E-state index contributed by atoms with van der Waals surface area (Å²) in [6, 6.07) is 15.4. The molecule has 6 nitrogen and oxygen atoms in total. The Morgan fingerprint density at radius 2 is 1.90 bits per heavy atom. The Balaban J connectivity index is 1.32. The van der Waals surface area contributed by atoms with Crippen LogP contribution in [0.25, 0.3) is 0 Å². The van der Waals surface area contributed by atoms with Crippen LogP contribution in [-0.4, -0.2) is 58.9 Å². The normalized spacial score (nSPS) is 20.4. The van der Waals surface area contributed by atoms with E-state index in [1.165, 1.54) is 0 Å². The molecule has 1 N–H and O–H groups in total. The Labute approximate surface area is 177 Å². The summed E-state index contributed by atoms with van der Waals surface area (Å²) in [4.78, 5) is 14.7. The summed E-state index contributed by atoms with van der Waals surface area (Å²) in [6.07, 6.45) is 4.66. The van der Waals surface area contributed by atoms with Crippen LogP contribution in [-0.2, 0) is 0 Å². The van der Waals surface area contributed by atoms with Crippen LogP contribution in [0.5, 0.6) is 11.5 Å². The van der Waals surface area contributed by atoms with Crippen LogP contribution in [0, 0.1) is 6.92 Å². The van der Waals surface area contributed by atoms with Gasteiger partial charge in [-0.3, -0.25) is 9.80 Å². The highest BCUT2D eigenvalue weighted by Gasteiger charge is 2.37. The Morgan fingerprint density at radius 1 is 1.17 bits per heavy atom. The van der Waals surface area contributed by atoms with E-state index >= 15 is 0 Å². The van der Waals surface area contributed by atoms with Crippen LogP contribution < -0.4 is 4.74 Å². The van der Waals surface area contributed by atoms with E-state index in [1.807, 2.05) is 66.5 Å². The number of nitrogens with zero attached hydrogens (tertiary/aromatic N) is 3. The number of likely N-dealkylation sites (tertiary alicyclic amines) is 1. The number of hydrogen-bond donors (Lipinski definition) is 1. The fraction of sp³-hybridized carbons (Fsp3) is 0.417. The Hall–Kier alpha value is -2.86. The van der Waals surface area contributed by atoms with Gasteiger partial charge in [-0.1, -0.05) is 12.1 Å². The van der Waals surface area contributed by atoms with E-state index in [2.05, 4.69) is 5.10 Å². The number of ether oxygens (including phenoxy) is 1. The molecule has 30 heavy (non-hydrogen) atoms. The fourth-order valence-electron chi connectivity index (χ4n) is 4.19. The fourth-order valence-corrected chi connectivity index (χ4v) is 4.19. The molecule has 1 atom stereocenters. The lowest BCUT2D eigenvalue weighted by molar-refractivity contribution is -0.0368. The van der Waals surface area contributed by atoms with E-state index in [4.69, 9.17) is 4.74 Å². The first kappa shape index (κ1) is 20.4. The summed E-state index contributed by atoms with van der Waals surface area (Å²) >= 11 is 0. The molecule has 0 aromatic heterocycles. The van der Waals surface area contributed by atoms with Crippen molar-refractivity contribution in [2.45, 2.75) is 44.2 Å². The standard InChI is InChI=1S/C24H29N3O3/c1-18-4-3-5-22(16-18)30-21-8-6-19(7-9-21)23(28)27-14-11-24(29,12-15-27)17-20-10-13-25-26(20)2/h3-9,13,16,20,29H,10-12,14-15,17H2,1-2H3. The molecule has 1 saturated heterocycles. The average Bonchev–Trinajstić information content (AvgIpc) is 3.12. The maximum Gasteiger partial charge on any atom is 0.253 e. The quantitative estimate of drug-likeness (QED) is 0.818. The minimum absolute atomic E-state index is 0.000438. The molecular formula is C24H29N3O3. The van der Waals surface area contributed by atoms with Crippen molar-refractivity contribution in [3.05, 3.63) is 59.7 Å². The predicted octanol–water partition coefficient (Wildman–Crippen LogP) is 3.83. The number of amides is 1. The molecule has 1 fully saturated rings. The van der Waals surface area contributed by atoms with Crippen LogP contribution in [0.2, 0.25) is 0 Å². The molecule has 0 spiro atoms. The molecule has 6 heteroatoms. The van der Waals surface area contributed by atoms with Gasteiger partial charge in [-0.05, 0) is 68.1 Å². The zero-order chi connectivity index (χ0) is 21.1. The lowest BCUT2D eigenvalue weighted by Gasteiger charge is -2.40. The van der Waals surface area contributed by atoms with Gasteiger partial charge >= 0.3 is 0 Å². The van der Waals surface area contributed by atoms with Gasteiger partial charge in [0.15, 0.2) is 0 Å². The minimum Gasteiger partial charge on any atom is -0.457 e. The van der Waals surface area contributed by atoms with E-state index in [0.29, 0.717) is 43.7 Å². The van der Waals surface area contributed by atoms with Crippen molar-refractivity contribution in [2.75, 3.05) is 20.1 Å². The monoisotopic (exact) mass is 407 g/mol. The van der Waals surface area contributed by atoms with Crippen LogP contribution in [0.3, 0.4) is 0 Å². The van der Waals surface area contributed by atoms with Gasteiger partial charge in [-0.2, -0.15) is 5.10 Å². The van der Waals surface area contributed by atoms with Gasteiger partial charge < -0.3 is 14.7 Å². The van der Waals surface area contributed by atoms with Gasteiger partial charge in [0, 0.05) is 38.3 Å². The highest BCUT2D eigenvalue weighted by Crippen LogP contribution is 2.31. The molecule has 0 bridgehead atoms. The number of hydrogen-bond acceptors (Lipinski definition) is 5. The lowest BCUT2D eigenvalue weighted by Crippen LogP contribution is -2.49. The first-order chi connectivity index (χ1) is 14.4. The van der Waals surface area contributed by atoms with Crippen molar-refractivity contribution >= 4 is 12.1 Å². The number of carbonyl (C=O) groups excluding carboxylic acids is 1. The van der Waals surface area contributed by atoms with Crippen molar-refractivity contribution in [1.82, 2.24) is 9.91 Å². The molecule has 4 rings (SSSR count). The Morgan fingerprint density at radius 3 is 2.53 bits per heavy atom. The van der Waals surface area contributed by atoms with Crippen molar-refractivity contribution < 1.29 is 14.6 Å². The third-order valence-corrected chi connectivity index (χ3v) is 6.09. The van der Waals surface area contributed by atoms with Crippen molar-refractivity contribution in [2.24, 2.45) is 5.10 Å². The maximum atomic E-state index is 12.9. The molecule has 0 saturated carbocycles. The second kappa shape index (κ2) is 8.48. The van der Waals surface area contributed by atoms with Gasteiger partial charge in [0.25, 0.3) is 5.91 Å². The topological polar surface area (TPSA) is 65.4 Å². The van der Waals surface area contributed by atoms with E-state index < -0.39 is 5.60 Å². The SMILES string of the molecule is Cc1cccc(Oc2ccc(C(=O)N3CCC(O)(CC4CC=NN4C)CC3)cc2)c1. The molecular weight excluding hydrogens is 378 g/mol. The van der Waals surface area contributed by atoms with Crippen LogP contribution in [0.4, 0.5) is 0 Å². The average molecular weight is 408 g/mol. The molecule has 1 unspecified atom stereocenters. The van der Waals surface area contributed by atoms with Gasteiger partial charge in [-0.25, -0.2) is 0 Å². The number of benzene rings is 2. The summed E-state index contributed by atoms with van der Waals surface area (Å²) in [5.41, 5.74) is 1.05. The molecule has 2 heterocycles. The highest BCUT2D eigenvalue weighted by atomic mass is 16.5. The molecule has 158 valence electrons. The molecule has 0 aliphatic carbocycles. The van der Waals surface area contributed by atoms with Gasteiger partial charge in [0.05, 0.1) is 11.6 Å². The first-order valence-corrected chi connectivity index (χ1v) is 10.5. The van der Waals surface area contributed by atoms with Crippen molar-refractivity contribution in [1.29, 1.82) is 0 Å². The first-order valence-electron chi connectivity index (χ1n) is 10.5. The smallest absolute Gasteiger partial charge is 0.253 e. The molecule has 2 aliphatic heterocycles. The van der Waals surface area contributed by atoms with Crippen LogP contribution >= 0.6 is 0 Å². The van der Waals surface area contributed by atoms with Gasteiger partial charge in [0.1, 0.15) is 11.5 Å². The minimum atomic E-state index is -0.727. The van der Waals surface area contributed by atoms with Crippen LogP contribution in [0.15, 0.2) is 53.6 Å². The third-order valence-electron chi connectivity index (χ3n) is 6.09. The van der Waals surface area contributed by atoms with Gasteiger partial charge in [-0.15, -0.1) is 0 Å². The van der Waals surface area contributed by atoms with E-state index in [-0.39, 0.29) is 11.9 Å². The molecule has 0 radical (unpaired) electrons. The zero-order valence-electron chi connectivity index (χ0n) is 17.6. The van der Waals surface area contributed by atoms with Crippen molar-refractivity contribution in [3.8, 4) is 11.5 Å². The highest BCUT2D eigenvalue weighted by molar-refractivity contribution is 5.94. The molecule has 2 aromatic carbocycles. The molecule has 2 aromatic rings. The number of piperidine rings is 1. The zero-order valence-corrected chi connectivity index (χ0v) is 17.6. The summed E-state index contributed by atoms with van der Waals surface area (Å²) in [6.45, 7) is 3.15. The maximum absolute atomic E-state index is 12.9. The van der Waals surface area contributed by atoms with E-state index in [0.717, 1.165) is 17.7 Å². The van der Waals surface area contributed by atoms with Crippen LogP contribution in [0.1, 0.15) is 41.6 Å². The summed E-state index contributed by atoms with van der Waals surface area (Å²) in [5.74, 6) is 1.48. The summed E-state index contributed by atoms with van der Waals surface area (Å²) in [5, 5.41) is 17.2. The second-order valence-electron chi connectivity index (χ2n) is 8.42. The third kappa shape index (κ3) is 4.65. The Bertz CT molecular complexity index is 918. The second-order valence-corrected chi connectivity index (χ2v) is 8.42. The number of aryl methyl sites for hydroxylation is 1. The molecule has 2 aliphatic rings. The van der Waals surface area contributed by atoms with Crippen molar-refractivity contribution in [3.63, 3.8) is 0 Å². The number of aliphatic hydroxyl groups is 1. The number of hydrazone groups is 1. The summed E-state index contributed by atoms with van der Waals surface area (Å²) < 4.78 is 5.87. The molecule has 1 amide bonds. The van der Waals surface area contributed by atoms with E-state index in [1.54, 1.807) is 12.1 Å². The predicted molar refractivity (Wildman–Crippen MR) is 117 cm³/mol. The number of carbonyl (C=O) groups is 1. The van der Waals surface area contributed by atoms with Gasteiger partial charge in [0.2, 0.25) is 0 Å².